The van der Waals surface area contributed by atoms with Crippen LogP contribution in [0.4, 0.5) is 0 Å². The minimum Gasteiger partial charge on any atom is -0.457 e. The van der Waals surface area contributed by atoms with E-state index in [4.69, 9.17) is 15.9 Å². The lowest BCUT2D eigenvalue weighted by atomic mass is 9.84. The molecule has 0 radical (unpaired) electrons. The molecule has 45 heavy (non-hydrogen) atoms. The van der Waals surface area contributed by atoms with Crippen LogP contribution in [0.25, 0.3) is 0 Å². The van der Waals surface area contributed by atoms with Crippen LogP contribution in [-0.4, -0.2) is 18.2 Å². The van der Waals surface area contributed by atoms with Gasteiger partial charge in [-0.15, -0.1) is 6.42 Å². The van der Waals surface area contributed by atoms with Crippen molar-refractivity contribution in [1.82, 2.24) is 10.6 Å². The second-order valence-corrected chi connectivity index (χ2v) is 13.0. The van der Waals surface area contributed by atoms with Gasteiger partial charge in [0.2, 0.25) is 0 Å². The lowest BCUT2D eigenvalue weighted by Crippen LogP contribution is -2.34. The average molecular weight is 599 g/mol. The van der Waals surface area contributed by atoms with E-state index in [1.807, 2.05) is 72.8 Å². The van der Waals surface area contributed by atoms with Crippen molar-refractivity contribution in [2.45, 2.75) is 62.6 Å². The standard InChI is InChI=1S/C40H42N2O3/c1-2-40(43)32-12-20-36(21-13-32)44-34-16-8-30(9-17-34)38-24-6-28(26-41-38)4-3-5-29-7-25-39(42-27-29)31-10-18-35(19-11-31)45-37-22-14-33(40)15-23-37/h1,8-23,28-29,38-39,41-43H,3-7,24-27H2. The molecule has 2 fully saturated rings. The Kier molecular flexibility index (Phi) is 8.63. The summed E-state index contributed by atoms with van der Waals surface area (Å²) in [5, 5.41) is 19.2. The van der Waals surface area contributed by atoms with Gasteiger partial charge in [-0.05, 0) is 123 Å². The number of aliphatic hydroxyl groups is 1. The minimum atomic E-state index is -1.58. The molecular formula is C40H42N2O3. The maximum absolute atomic E-state index is 11.6. The monoisotopic (exact) mass is 598 g/mol. The summed E-state index contributed by atoms with van der Waals surface area (Å²) in [4.78, 5) is 0. The largest absolute Gasteiger partial charge is 0.457 e. The first-order chi connectivity index (χ1) is 22.1. The second kappa shape index (κ2) is 13.1. The molecule has 0 spiro atoms. The van der Waals surface area contributed by atoms with Crippen molar-refractivity contribution in [3.8, 4) is 35.3 Å². The molecule has 0 aliphatic carbocycles. The minimum absolute atomic E-state index is 0.394. The van der Waals surface area contributed by atoms with Crippen molar-refractivity contribution < 1.29 is 14.6 Å². The number of terminal acetylenes is 1. The molecule has 4 aromatic rings. The van der Waals surface area contributed by atoms with Gasteiger partial charge in [0, 0.05) is 23.2 Å². The fraction of sp³-hybridized carbons (Fsp3) is 0.350. The van der Waals surface area contributed by atoms with Gasteiger partial charge in [-0.3, -0.25) is 0 Å². The summed E-state index contributed by atoms with van der Waals surface area (Å²) in [6, 6.07) is 32.3. The molecule has 3 N–H and O–H groups in total. The highest BCUT2D eigenvalue weighted by Gasteiger charge is 2.29. The molecule has 4 aromatic carbocycles. The van der Waals surface area contributed by atoms with Crippen molar-refractivity contribution in [2.24, 2.45) is 11.8 Å². The van der Waals surface area contributed by atoms with Gasteiger partial charge in [0.25, 0.3) is 0 Å². The average Bonchev–Trinajstić information content (AvgIpc) is 3.10. The van der Waals surface area contributed by atoms with Crippen molar-refractivity contribution in [3.63, 3.8) is 0 Å². The summed E-state index contributed by atoms with van der Waals surface area (Å²) in [6.07, 6.45) is 14.7. The predicted octanol–water partition coefficient (Wildman–Crippen LogP) is 8.41. The van der Waals surface area contributed by atoms with Crippen LogP contribution >= 0.6 is 0 Å². The van der Waals surface area contributed by atoms with Crippen LogP contribution in [0.3, 0.4) is 0 Å². The number of rotatable bonds is 0. The predicted molar refractivity (Wildman–Crippen MR) is 179 cm³/mol. The molecule has 2 saturated heterocycles. The Labute approximate surface area is 267 Å². The zero-order valence-corrected chi connectivity index (χ0v) is 25.8. The third-order valence-electron chi connectivity index (χ3n) is 10.0. The van der Waals surface area contributed by atoms with Crippen LogP contribution in [0.15, 0.2) is 97.1 Å². The number of hydrogen-bond donors (Lipinski definition) is 3. The number of nitrogens with one attached hydrogen (secondary N) is 2. The Morgan fingerprint density at radius 1 is 0.556 bits per heavy atom. The first-order valence-electron chi connectivity index (χ1n) is 16.5. The van der Waals surface area contributed by atoms with Crippen LogP contribution in [0.2, 0.25) is 0 Å². The summed E-state index contributed by atoms with van der Waals surface area (Å²) in [6.45, 7) is 2.18. The Hall–Kier alpha value is -4.08. The van der Waals surface area contributed by atoms with E-state index in [0.29, 0.717) is 34.7 Å². The zero-order chi connectivity index (χ0) is 30.6. The topological polar surface area (TPSA) is 62.8 Å². The SMILES string of the molecule is C#CC1(O)c2ccc(cc2)Oc2ccc(cc2)C2CCC(CCCC3CCC(NC3)c3ccc(cc3)Oc3ccc1cc3)CN2. The fourth-order valence-electron chi connectivity index (χ4n) is 7.26. The van der Waals surface area contributed by atoms with E-state index < -0.39 is 5.60 Å². The number of hydrogen-bond acceptors (Lipinski definition) is 5. The lowest BCUT2D eigenvalue weighted by Gasteiger charge is -2.32. The third-order valence-corrected chi connectivity index (χ3v) is 10.0. The molecule has 16 rings (SSSR count). The number of ether oxygens (including phenoxy) is 2. The molecule has 12 heterocycles. The van der Waals surface area contributed by atoms with E-state index in [1.165, 1.54) is 56.1 Å². The molecule has 12 aliphatic rings. The highest BCUT2D eigenvalue weighted by Crippen LogP contribution is 2.35. The van der Waals surface area contributed by atoms with Crippen molar-refractivity contribution in [2.75, 3.05) is 13.1 Å². The van der Waals surface area contributed by atoms with E-state index in [-0.39, 0.29) is 0 Å². The molecule has 4 unspecified atom stereocenters. The second-order valence-electron chi connectivity index (χ2n) is 13.0. The molecule has 230 valence electrons. The maximum Gasteiger partial charge on any atom is 0.176 e. The lowest BCUT2D eigenvalue weighted by molar-refractivity contribution is 0.145. The van der Waals surface area contributed by atoms with Crippen LogP contribution in [0, 0.1) is 24.2 Å². The Bertz CT molecular complexity index is 1480. The summed E-state index contributed by atoms with van der Waals surface area (Å²) in [7, 11) is 0. The quantitative estimate of drug-likeness (QED) is 0.177. The maximum atomic E-state index is 11.6. The summed E-state index contributed by atoms with van der Waals surface area (Å²) in [5.74, 6) is 7.05. The molecule has 4 atom stereocenters. The summed E-state index contributed by atoms with van der Waals surface area (Å²) in [5.41, 5.74) is 2.23. The molecular weight excluding hydrogens is 556 g/mol. The van der Waals surface area contributed by atoms with Gasteiger partial charge in [-0.25, -0.2) is 0 Å². The van der Waals surface area contributed by atoms with Crippen molar-refractivity contribution in [1.29, 1.82) is 0 Å². The smallest absolute Gasteiger partial charge is 0.176 e. The normalized spacial score (nSPS) is 26.7. The van der Waals surface area contributed by atoms with Gasteiger partial charge in [-0.1, -0.05) is 60.9 Å². The Morgan fingerprint density at radius 3 is 1.27 bits per heavy atom. The summed E-state index contributed by atoms with van der Waals surface area (Å²) >= 11 is 0. The number of piperidine rings is 2. The van der Waals surface area contributed by atoms with Gasteiger partial charge in [0.15, 0.2) is 5.60 Å². The first-order valence-corrected chi connectivity index (χ1v) is 16.5. The molecule has 0 amide bonds. The van der Waals surface area contributed by atoms with Crippen LogP contribution in [0.5, 0.6) is 23.0 Å². The third kappa shape index (κ3) is 6.65. The van der Waals surface area contributed by atoms with Gasteiger partial charge < -0.3 is 25.2 Å². The van der Waals surface area contributed by atoms with E-state index in [0.717, 1.165) is 36.4 Å². The van der Waals surface area contributed by atoms with Crippen molar-refractivity contribution >= 4 is 0 Å². The van der Waals surface area contributed by atoms with Crippen molar-refractivity contribution in [3.05, 3.63) is 119 Å². The van der Waals surface area contributed by atoms with Crippen LogP contribution in [-0.2, 0) is 5.60 Å². The van der Waals surface area contributed by atoms with E-state index in [1.54, 1.807) is 0 Å². The van der Waals surface area contributed by atoms with Gasteiger partial charge >= 0.3 is 0 Å². The molecule has 0 aromatic heterocycles. The number of benzene rings is 4. The van der Waals surface area contributed by atoms with Crippen LogP contribution < -0.4 is 20.1 Å². The fourth-order valence-corrected chi connectivity index (χ4v) is 7.26. The Morgan fingerprint density at radius 2 is 0.933 bits per heavy atom. The Balaban J connectivity index is 1.11. The van der Waals surface area contributed by atoms with Crippen LogP contribution in [0.1, 0.15) is 79.3 Å². The highest BCUT2D eigenvalue weighted by atomic mass is 16.5. The zero-order valence-electron chi connectivity index (χ0n) is 25.8. The molecule has 5 heteroatoms. The first kappa shape index (κ1) is 29.6. The van der Waals surface area contributed by atoms with E-state index in [2.05, 4.69) is 40.8 Å². The molecule has 0 saturated carbocycles. The van der Waals surface area contributed by atoms with E-state index >= 15 is 0 Å². The van der Waals surface area contributed by atoms with Gasteiger partial charge in [-0.2, -0.15) is 0 Å². The molecule has 5 nitrogen and oxygen atoms in total. The van der Waals surface area contributed by atoms with Gasteiger partial charge in [0.1, 0.15) is 23.0 Å². The summed E-state index contributed by atoms with van der Waals surface area (Å²) < 4.78 is 12.3. The molecule has 12 aliphatic heterocycles. The van der Waals surface area contributed by atoms with E-state index in [9.17, 15) is 5.11 Å². The molecule has 12 bridgehead atoms. The highest BCUT2D eigenvalue weighted by molar-refractivity contribution is 5.47. The van der Waals surface area contributed by atoms with Gasteiger partial charge in [0.05, 0.1) is 0 Å².